The van der Waals surface area contributed by atoms with Crippen LogP contribution in [0, 0.1) is 0 Å². The van der Waals surface area contributed by atoms with Gasteiger partial charge in [-0.1, -0.05) is 28.6 Å². The summed E-state index contributed by atoms with van der Waals surface area (Å²) >= 11 is 3.34. The zero-order valence-corrected chi connectivity index (χ0v) is 16.8. The first-order valence-corrected chi connectivity index (χ1v) is 9.05. The van der Waals surface area contributed by atoms with Crippen LogP contribution in [0.4, 0.5) is 0 Å². The summed E-state index contributed by atoms with van der Waals surface area (Å²) in [5.41, 5.74) is 3.63. The van der Waals surface area contributed by atoms with E-state index in [9.17, 15) is 4.79 Å². The quantitative estimate of drug-likeness (QED) is 0.366. The molecular formula is C20H21BrN2O4. The summed E-state index contributed by atoms with van der Waals surface area (Å²) in [6, 6.07) is 10.6. The van der Waals surface area contributed by atoms with Crippen molar-refractivity contribution in [3.05, 3.63) is 64.7 Å². The van der Waals surface area contributed by atoms with Crippen LogP contribution in [0.25, 0.3) is 0 Å². The molecule has 1 N–H and O–H groups in total. The minimum atomic E-state index is -0.375. The Hall–Kier alpha value is -2.80. The van der Waals surface area contributed by atoms with Crippen molar-refractivity contribution in [3.8, 4) is 17.2 Å². The molecule has 0 spiro atoms. The van der Waals surface area contributed by atoms with Crippen LogP contribution in [0.15, 0.2) is 58.6 Å². The zero-order valence-electron chi connectivity index (χ0n) is 15.2. The second-order valence-corrected chi connectivity index (χ2v) is 6.20. The van der Waals surface area contributed by atoms with Crippen molar-refractivity contribution >= 4 is 28.1 Å². The Labute approximate surface area is 167 Å². The molecule has 0 bridgehead atoms. The maximum atomic E-state index is 12.3. The van der Waals surface area contributed by atoms with Crippen LogP contribution in [0.2, 0.25) is 0 Å². The van der Waals surface area contributed by atoms with Gasteiger partial charge in [-0.2, -0.15) is 5.10 Å². The first-order valence-electron chi connectivity index (χ1n) is 8.26. The van der Waals surface area contributed by atoms with E-state index < -0.39 is 0 Å². The Kier molecular flexibility index (Phi) is 7.88. The molecular weight excluding hydrogens is 412 g/mol. The van der Waals surface area contributed by atoms with Crippen molar-refractivity contribution in [2.75, 3.05) is 20.3 Å². The number of methoxy groups -OCH3 is 1. The highest BCUT2D eigenvalue weighted by Crippen LogP contribution is 2.28. The van der Waals surface area contributed by atoms with Gasteiger partial charge in [0.2, 0.25) is 0 Å². The van der Waals surface area contributed by atoms with Crippen molar-refractivity contribution in [2.45, 2.75) is 6.92 Å². The molecule has 7 heteroatoms. The molecule has 2 rings (SSSR count). The van der Waals surface area contributed by atoms with E-state index in [0.717, 1.165) is 10.0 Å². The number of ether oxygens (including phenoxy) is 3. The summed E-state index contributed by atoms with van der Waals surface area (Å²) in [7, 11) is 1.51. The Morgan fingerprint density at radius 2 is 1.96 bits per heavy atom. The number of amides is 1. The third-order valence-corrected chi connectivity index (χ3v) is 3.90. The van der Waals surface area contributed by atoms with E-state index in [1.165, 1.54) is 13.3 Å². The summed E-state index contributed by atoms with van der Waals surface area (Å²) in [5, 5.41) is 4.01. The third kappa shape index (κ3) is 5.86. The van der Waals surface area contributed by atoms with Gasteiger partial charge in [0.25, 0.3) is 5.91 Å². The van der Waals surface area contributed by atoms with Gasteiger partial charge >= 0.3 is 0 Å². The van der Waals surface area contributed by atoms with E-state index in [0.29, 0.717) is 36.0 Å². The summed E-state index contributed by atoms with van der Waals surface area (Å²) in [5.74, 6) is 1.31. The van der Waals surface area contributed by atoms with E-state index in [4.69, 9.17) is 14.2 Å². The minimum Gasteiger partial charge on any atom is -0.496 e. The predicted octanol–water partition coefficient (Wildman–Crippen LogP) is 4.19. The maximum Gasteiger partial charge on any atom is 0.275 e. The monoisotopic (exact) mass is 432 g/mol. The van der Waals surface area contributed by atoms with Crippen LogP contribution in [-0.2, 0) is 0 Å². The lowest BCUT2D eigenvalue weighted by Crippen LogP contribution is -2.18. The number of benzene rings is 2. The second-order valence-electron chi connectivity index (χ2n) is 5.28. The van der Waals surface area contributed by atoms with Crippen LogP contribution in [0.1, 0.15) is 22.8 Å². The molecule has 1 amide bonds. The molecule has 0 fully saturated rings. The minimum absolute atomic E-state index is 0.375. The van der Waals surface area contributed by atoms with Crippen molar-refractivity contribution in [1.29, 1.82) is 0 Å². The lowest BCUT2D eigenvalue weighted by molar-refractivity contribution is 0.0952. The third-order valence-electron chi connectivity index (χ3n) is 3.41. The van der Waals surface area contributed by atoms with Crippen LogP contribution >= 0.6 is 15.9 Å². The Balaban J connectivity index is 2.11. The molecule has 0 unspecified atom stereocenters. The molecule has 0 saturated heterocycles. The number of nitrogens with one attached hydrogen (secondary N) is 1. The van der Waals surface area contributed by atoms with E-state index in [2.05, 4.69) is 33.0 Å². The van der Waals surface area contributed by atoms with Crippen LogP contribution < -0.4 is 19.6 Å². The lowest BCUT2D eigenvalue weighted by atomic mass is 10.2. The van der Waals surface area contributed by atoms with Crippen LogP contribution in [0.5, 0.6) is 17.2 Å². The van der Waals surface area contributed by atoms with Crippen molar-refractivity contribution < 1.29 is 19.0 Å². The molecule has 0 aromatic heterocycles. The highest BCUT2D eigenvalue weighted by Gasteiger charge is 2.12. The van der Waals surface area contributed by atoms with Crippen molar-refractivity contribution in [1.82, 2.24) is 5.43 Å². The number of carbonyl (C=O) groups excluding carboxylic acids is 1. The Morgan fingerprint density at radius 3 is 2.67 bits per heavy atom. The SMILES string of the molecule is C=CCOc1ccc(/C=N\NC(=O)c2cc(Br)ccc2OC)cc1OCC. The molecule has 0 aliphatic carbocycles. The van der Waals surface area contributed by atoms with Crippen LogP contribution in [-0.4, -0.2) is 32.4 Å². The van der Waals surface area contributed by atoms with Gasteiger partial charge in [-0.3, -0.25) is 4.79 Å². The van der Waals surface area contributed by atoms with Gasteiger partial charge < -0.3 is 14.2 Å². The van der Waals surface area contributed by atoms with E-state index in [-0.39, 0.29) is 5.91 Å². The number of rotatable bonds is 9. The first-order chi connectivity index (χ1) is 13.1. The van der Waals surface area contributed by atoms with Crippen molar-refractivity contribution in [3.63, 3.8) is 0 Å². The molecule has 0 radical (unpaired) electrons. The second kappa shape index (κ2) is 10.4. The molecule has 2 aromatic rings. The van der Waals surface area contributed by atoms with Gasteiger partial charge in [0, 0.05) is 4.47 Å². The standard InChI is InChI=1S/C20H21BrN2O4/c1-4-10-27-18-8-6-14(11-19(18)26-5-2)13-22-23-20(24)16-12-15(21)7-9-17(16)25-3/h4,6-9,11-13H,1,5,10H2,2-3H3,(H,23,24)/b22-13-. The summed E-state index contributed by atoms with van der Waals surface area (Å²) in [6.45, 7) is 6.41. The van der Waals surface area contributed by atoms with E-state index >= 15 is 0 Å². The van der Waals surface area contributed by atoms with Crippen LogP contribution in [0.3, 0.4) is 0 Å². The largest absolute Gasteiger partial charge is 0.496 e. The fraction of sp³-hybridized carbons (Fsp3) is 0.200. The Morgan fingerprint density at radius 1 is 1.19 bits per heavy atom. The van der Waals surface area contributed by atoms with Gasteiger partial charge in [0.1, 0.15) is 12.4 Å². The number of halogens is 1. The molecule has 2 aromatic carbocycles. The fourth-order valence-corrected chi connectivity index (χ4v) is 2.59. The molecule has 0 saturated carbocycles. The van der Waals surface area contributed by atoms with Gasteiger partial charge in [-0.15, -0.1) is 0 Å². The number of hydrazone groups is 1. The Bertz CT molecular complexity index is 837. The maximum absolute atomic E-state index is 12.3. The van der Waals surface area contributed by atoms with Gasteiger partial charge in [0.15, 0.2) is 11.5 Å². The number of hydrogen-bond acceptors (Lipinski definition) is 5. The number of nitrogens with zero attached hydrogens (tertiary/aromatic N) is 1. The van der Waals surface area contributed by atoms with E-state index in [1.807, 2.05) is 13.0 Å². The smallest absolute Gasteiger partial charge is 0.275 e. The zero-order chi connectivity index (χ0) is 19.6. The highest BCUT2D eigenvalue weighted by atomic mass is 79.9. The highest BCUT2D eigenvalue weighted by molar-refractivity contribution is 9.10. The summed E-state index contributed by atoms with van der Waals surface area (Å²) in [4.78, 5) is 12.3. The molecule has 0 aliphatic rings. The summed E-state index contributed by atoms with van der Waals surface area (Å²) < 4.78 is 17.1. The molecule has 142 valence electrons. The molecule has 0 heterocycles. The number of carbonyl (C=O) groups is 1. The molecule has 6 nitrogen and oxygen atoms in total. The van der Waals surface area contributed by atoms with Gasteiger partial charge in [-0.25, -0.2) is 5.43 Å². The average molecular weight is 433 g/mol. The molecule has 0 atom stereocenters. The fourth-order valence-electron chi connectivity index (χ4n) is 2.22. The normalized spacial score (nSPS) is 10.5. The summed E-state index contributed by atoms with van der Waals surface area (Å²) in [6.07, 6.45) is 3.19. The lowest BCUT2D eigenvalue weighted by Gasteiger charge is -2.11. The van der Waals surface area contributed by atoms with Crippen molar-refractivity contribution in [2.24, 2.45) is 5.10 Å². The van der Waals surface area contributed by atoms with E-state index in [1.54, 1.807) is 36.4 Å². The first kappa shape index (κ1) is 20.5. The molecule has 27 heavy (non-hydrogen) atoms. The molecule has 0 aliphatic heterocycles. The van der Waals surface area contributed by atoms with Gasteiger partial charge in [0.05, 0.1) is 25.5 Å². The van der Waals surface area contributed by atoms with Gasteiger partial charge in [-0.05, 0) is 48.9 Å². The topological polar surface area (TPSA) is 69.2 Å². The predicted molar refractivity (Wildman–Crippen MR) is 109 cm³/mol. The average Bonchev–Trinajstić information content (AvgIpc) is 2.67. The number of hydrogen-bond donors (Lipinski definition) is 1.